The molecule has 0 bridgehead atoms. The lowest BCUT2D eigenvalue weighted by molar-refractivity contribution is 0.103. The molecule has 2 aromatic rings. The standard InChI is InChI=1S/C9H11N4O4P/c1-2-7(17-5-18(14,15)16)9-10-3-6-8(13-9)12-4-11-6/h2-4,7H,1,5H2,(H2,14,15,16)(H,10,11,12,13). The molecule has 18 heavy (non-hydrogen) atoms. The van der Waals surface area contributed by atoms with Crippen molar-refractivity contribution in [3.8, 4) is 0 Å². The molecule has 2 rings (SSSR count). The lowest BCUT2D eigenvalue weighted by Crippen LogP contribution is -2.07. The second kappa shape index (κ2) is 4.95. The summed E-state index contributed by atoms with van der Waals surface area (Å²) in [5, 5.41) is 0. The molecule has 0 radical (unpaired) electrons. The van der Waals surface area contributed by atoms with Crippen LogP contribution >= 0.6 is 7.60 Å². The third-order valence-electron chi connectivity index (χ3n) is 2.08. The highest BCUT2D eigenvalue weighted by Gasteiger charge is 2.19. The summed E-state index contributed by atoms with van der Waals surface area (Å²) < 4.78 is 15.8. The molecule has 2 heterocycles. The molecule has 0 aliphatic heterocycles. The van der Waals surface area contributed by atoms with Gasteiger partial charge in [0.15, 0.2) is 11.5 Å². The van der Waals surface area contributed by atoms with E-state index in [0.717, 1.165) is 0 Å². The average molecular weight is 270 g/mol. The number of nitrogens with zero attached hydrogens (tertiary/aromatic N) is 3. The van der Waals surface area contributed by atoms with Crippen LogP contribution < -0.4 is 0 Å². The zero-order valence-corrected chi connectivity index (χ0v) is 10.1. The van der Waals surface area contributed by atoms with Crippen LogP contribution in [0.15, 0.2) is 25.2 Å². The lowest BCUT2D eigenvalue weighted by atomic mass is 10.3. The molecule has 0 saturated heterocycles. The fourth-order valence-electron chi connectivity index (χ4n) is 1.32. The minimum Gasteiger partial charge on any atom is -0.353 e. The molecule has 1 atom stereocenters. The van der Waals surface area contributed by atoms with Crippen molar-refractivity contribution in [2.24, 2.45) is 0 Å². The number of imidazole rings is 1. The Balaban J connectivity index is 2.21. The molecule has 0 fully saturated rings. The SMILES string of the molecule is C=CC(OCP(=O)(O)O)c1ncc2nc[nH]c2n1. The van der Waals surface area contributed by atoms with E-state index in [9.17, 15) is 4.57 Å². The van der Waals surface area contributed by atoms with E-state index in [1.807, 2.05) is 0 Å². The lowest BCUT2D eigenvalue weighted by Gasteiger charge is -2.12. The summed E-state index contributed by atoms with van der Waals surface area (Å²) in [7, 11) is -4.24. The number of H-pyrrole nitrogens is 1. The van der Waals surface area contributed by atoms with Crippen LogP contribution in [0.5, 0.6) is 0 Å². The Hall–Kier alpha value is -1.60. The minimum atomic E-state index is -4.24. The molecule has 0 aliphatic carbocycles. The van der Waals surface area contributed by atoms with Gasteiger partial charge in [-0.25, -0.2) is 15.0 Å². The summed E-state index contributed by atoms with van der Waals surface area (Å²) in [6.07, 6.45) is 2.83. The van der Waals surface area contributed by atoms with Gasteiger partial charge in [-0.15, -0.1) is 6.58 Å². The average Bonchev–Trinajstić information content (AvgIpc) is 2.75. The van der Waals surface area contributed by atoms with Gasteiger partial charge in [-0.05, 0) is 0 Å². The first kappa shape index (κ1) is 12.8. The predicted molar refractivity (Wildman–Crippen MR) is 62.6 cm³/mol. The maximum Gasteiger partial charge on any atom is 0.351 e. The molecule has 9 heteroatoms. The fraction of sp³-hybridized carbons (Fsp3) is 0.222. The van der Waals surface area contributed by atoms with Gasteiger partial charge in [0, 0.05) is 0 Å². The van der Waals surface area contributed by atoms with Crippen molar-refractivity contribution in [1.29, 1.82) is 0 Å². The molecule has 0 amide bonds. The third kappa shape index (κ3) is 2.99. The molecule has 0 aliphatic rings. The number of fused-ring (bicyclic) bond motifs is 1. The molecule has 1 unspecified atom stereocenters. The normalized spacial score (nSPS) is 13.7. The van der Waals surface area contributed by atoms with Crippen molar-refractivity contribution >= 4 is 18.8 Å². The number of ether oxygens (including phenoxy) is 1. The quantitative estimate of drug-likeness (QED) is 0.540. The van der Waals surface area contributed by atoms with Gasteiger partial charge in [-0.3, -0.25) is 4.57 Å². The highest BCUT2D eigenvalue weighted by atomic mass is 31.2. The van der Waals surface area contributed by atoms with Gasteiger partial charge in [-0.1, -0.05) is 6.08 Å². The van der Waals surface area contributed by atoms with Crippen molar-refractivity contribution in [3.63, 3.8) is 0 Å². The van der Waals surface area contributed by atoms with Crippen LogP contribution in [0.4, 0.5) is 0 Å². The number of aromatic amines is 1. The van der Waals surface area contributed by atoms with Gasteiger partial charge >= 0.3 is 7.60 Å². The number of nitrogens with one attached hydrogen (secondary N) is 1. The summed E-state index contributed by atoms with van der Waals surface area (Å²) >= 11 is 0. The second-order valence-electron chi connectivity index (χ2n) is 3.48. The minimum absolute atomic E-state index is 0.259. The summed E-state index contributed by atoms with van der Waals surface area (Å²) in [6.45, 7) is 3.52. The second-order valence-corrected chi connectivity index (χ2v) is 5.07. The van der Waals surface area contributed by atoms with E-state index in [0.29, 0.717) is 11.2 Å². The third-order valence-corrected chi connectivity index (χ3v) is 2.57. The Morgan fingerprint density at radius 2 is 2.33 bits per heavy atom. The van der Waals surface area contributed by atoms with Crippen molar-refractivity contribution in [2.75, 3.05) is 6.35 Å². The van der Waals surface area contributed by atoms with E-state index >= 15 is 0 Å². The van der Waals surface area contributed by atoms with Crippen LogP contribution in [0.25, 0.3) is 11.2 Å². The van der Waals surface area contributed by atoms with Crippen LogP contribution in [0.2, 0.25) is 0 Å². The first-order valence-corrected chi connectivity index (χ1v) is 6.74. The molecular formula is C9H11N4O4P. The van der Waals surface area contributed by atoms with Gasteiger partial charge < -0.3 is 19.5 Å². The Bertz CT molecular complexity index is 607. The van der Waals surface area contributed by atoms with Crippen molar-refractivity contribution in [2.45, 2.75) is 6.10 Å². The Labute approximate surface area is 102 Å². The van der Waals surface area contributed by atoms with E-state index in [1.165, 1.54) is 18.6 Å². The fourth-order valence-corrected chi connectivity index (χ4v) is 1.67. The van der Waals surface area contributed by atoms with E-state index in [4.69, 9.17) is 14.5 Å². The van der Waals surface area contributed by atoms with E-state index in [-0.39, 0.29) is 5.82 Å². The van der Waals surface area contributed by atoms with E-state index < -0.39 is 20.0 Å². The van der Waals surface area contributed by atoms with Gasteiger partial charge in [0.1, 0.15) is 18.0 Å². The van der Waals surface area contributed by atoms with Crippen LogP contribution in [0.3, 0.4) is 0 Å². The smallest absolute Gasteiger partial charge is 0.351 e. The number of rotatable bonds is 5. The van der Waals surface area contributed by atoms with Crippen molar-refractivity contribution < 1.29 is 19.1 Å². The molecular weight excluding hydrogens is 259 g/mol. The van der Waals surface area contributed by atoms with Gasteiger partial charge in [0.2, 0.25) is 0 Å². The van der Waals surface area contributed by atoms with Crippen molar-refractivity contribution in [1.82, 2.24) is 19.9 Å². The molecule has 3 N–H and O–H groups in total. The molecule has 0 spiro atoms. The summed E-state index contributed by atoms with van der Waals surface area (Å²) in [5.41, 5.74) is 1.11. The molecule has 96 valence electrons. The molecule has 0 aromatic carbocycles. The number of hydrogen-bond acceptors (Lipinski definition) is 5. The monoisotopic (exact) mass is 270 g/mol. The Morgan fingerprint density at radius 3 is 3.00 bits per heavy atom. The molecule has 0 saturated carbocycles. The van der Waals surface area contributed by atoms with Gasteiger partial charge in [0.05, 0.1) is 12.5 Å². The van der Waals surface area contributed by atoms with Crippen molar-refractivity contribution in [3.05, 3.63) is 31.0 Å². The largest absolute Gasteiger partial charge is 0.353 e. The zero-order chi connectivity index (χ0) is 13.2. The maximum absolute atomic E-state index is 10.7. The summed E-state index contributed by atoms with van der Waals surface area (Å²) in [6, 6.07) is 0. The molecule has 8 nitrogen and oxygen atoms in total. The van der Waals surface area contributed by atoms with Crippen LogP contribution in [-0.4, -0.2) is 36.1 Å². The van der Waals surface area contributed by atoms with E-state index in [2.05, 4.69) is 26.5 Å². The highest BCUT2D eigenvalue weighted by molar-refractivity contribution is 7.51. The summed E-state index contributed by atoms with van der Waals surface area (Å²) in [4.78, 5) is 32.4. The number of aromatic nitrogens is 4. The van der Waals surface area contributed by atoms with Crippen LogP contribution in [0, 0.1) is 0 Å². The van der Waals surface area contributed by atoms with Gasteiger partial charge in [0.25, 0.3) is 0 Å². The Morgan fingerprint density at radius 1 is 1.56 bits per heavy atom. The molecule has 2 aromatic heterocycles. The first-order valence-electron chi connectivity index (χ1n) is 4.94. The zero-order valence-electron chi connectivity index (χ0n) is 9.22. The number of hydrogen-bond donors (Lipinski definition) is 3. The van der Waals surface area contributed by atoms with Crippen LogP contribution in [-0.2, 0) is 9.30 Å². The predicted octanol–water partition coefficient (Wildman–Crippen LogP) is 0.732. The van der Waals surface area contributed by atoms with Crippen LogP contribution in [0.1, 0.15) is 11.9 Å². The topological polar surface area (TPSA) is 121 Å². The van der Waals surface area contributed by atoms with Gasteiger partial charge in [-0.2, -0.15) is 0 Å². The maximum atomic E-state index is 10.7. The highest BCUT2D eigenvalue weighted by Crippen LogP contribution is 2.36. The first-order chi connectivity index (χ1) is 8.49. The summed E-state index contributed by atoms with van der Waals surface area (Å²) in [5.74, 6) is 0.259. The van der Waals surface area contributed by atoms with E-state index in [1.54, 1.807) is 0 Å². The Kier molecular flexibility index (Phi) is 3.53.